The molecule has 0 aromatic heterocycles. The Kier molecular flexibility index (Phi) is 7.17. The van der Waals surface area contributed by atoms with Crippen LogP contribution in [0.4, 0.5) is 5.69 Å². The smallest absolute Gasteiger partial charge is 0.338 e. The van der Waals surface area contributed by atoms with Gasteiger partial charge in [-0.1, -0.05) is 0 Å². The van der Waals surface area contributed by atoms with Crippen LogP contribution in [0.2, 0.25) is 0 Å². The summed E-state index contributed by atoms with van der Waals surface area (Å²) in [5.74, 6) is -0.609. The van der Waals surface area contributed by atoms with Crippen molar-refractivity contribution in [1.29, 1.82) is 0 Å². The summed E-state index contributed by atoms with van der Waals surface area (Å²) in [6, 6.07) is 11.7. The van der Waals surface area contributed by atoms with Crippen LogP contribution in [0.3, 0.4) is 0 Å². The molecule has 0 atom stereocenters. The van der Waals surface area contributed by atoms with Crippen molar-refractivity contribution in [2.24, 2.45) is 0 Å². The van der Waals surface area contributed by atoms with Gasteiger partial charge >= 0.3 is 5.97 Å². The van der Waals surface area contributed by atoms with E-state index in [0.29, 0.717) is 24.3 Å². The second-order valence-electron chi connectivity index (χ2n) is 5.91. The minimum atomic E-state index is -3.82. The highest BCUT2D eigenvalue weighted by Crippen LogP contribution is 2.18. The molecule has 0 aliphatic rings. The first-order valence-electron chi connectivity index (χ1n) is 9.01. The molecule has 0 heterocycles. The zero-order valence-electron chi connectivity index (χ0n) is 16.1. The van der Waals surface area contributed by atoms with Crippen LogP contribution in [-0.2, 0) is 14.8 Å². The summed E-state index contributed by atoms with van der Waals surface area (Å²) in [5.41, 5.74) is 1.11. The number of nitrogens with zero attached hydrogens (tertiary/aromatic N) is 1. The average molecular weight is 404 g/mol. The molecule has 28 heavy (non-hydrogen) atoms. The summed E-state index contributed by atoms with van der Waals surface area (Å²) in [7, 11) is -3.82. The van der Waals surface area contributed by atoms with Gasteiger partial charge in [-0.3, -0.25) is 9.52 Å². The van der Waals surface area contributed by atoms with Crippen molar-refractivity contribution in [2.45, 2.75) is 25.7 Å². The summed E-state index contributed by atoms with van der Waals surface area (Å²) < 4.78 is 32.4. The normalized spacial score (nSPS) is 11.0. The summed E-state index contributed by atoms with van der Waals surface area (Å²) in [6.45, 7) is 6.94. The zero-order chi connectivity index (χ0) is 20.7. The van der Waals surface area contributed by atoms with E-state index >= 15 is 0 Å². The van der Waals surface area contributed by atoms with Crippen LogP contribution in [0.15, 0.2) is 53.4 Å². The summed E-state index contributed by atoms with van der Waals surface area (Å²) in [5, 5.41) is 0. The molecule has 0 saturated carbocycles. The largest absolute Gasteiger partial charge is 0.462 e. The van der Waals surface area contributed by atoms with Crippen molar-refractivity contribution in [3.63, 3.8) is 0 Å². The first-order chi connectivity index (χ1) is 13.3. The molecule has 0 aliphatic carbocycles. The maximum atomic E-state index is 12.5. The molecule has 0 saturated heterocycles. The molecule has 0 unspecified atom stereocenters. The minimum absolute atomic E-state index is 0.0174. The number of benzene rings is 2. The Morgan fingerprint density at radius 2 is 1.43 bits per heavy atom. The number of anilines is 1. The van der Waals surface area contributed by atoms with Crippen molar-refractivity contribution in [2.75, 3.05) is 24.4 Å². The predicted octanol–water partition coefficient (Wildman–Crippen LogP) is 3.15. The summed E-state index contributed by atoms with van der Waals surface area (Å²) >= 11 is 0. The van der Waals surface area contributed by atoms with Crippen LogP contribution in [0.25, 0.3) is 0 Å². The summed E-state index contributed by atoms with van der Waals surface area (Å²) in [4.78, 5) is 25.7. The minimum Gasteiger partial charge on any atom is -0.462 e. The standard InChI is InChI=1S/C20H24N2O5S/c1-4-22(5-2)19(23)15-7-11-17(12-8-15)21-28(25,26)18-13-9-16(10-14-18)20(24)27-6-3/h7-14,21H,4-6H2,1-3H3. The number of carbonyl (C=O) groups excluding carboxylic acids is 2. The maximum absolute atomic E-state index is 12.5. The van der Waals surface area contributed by atoms with Crippen molar-refractivity contribution in [3.05, 3.63) is 59.7 Å². The third-order valence-corrected chi connectivity index (χ3v) is 5.51. The van der Waals surface area contributed by atoms with Crippen LogP contribution in [0, 0.1) is 0 Å². The fourth-order valence-electron chi connectivity index (χ4n) is 2.57. The lowest BCUT2D eigenvalue weighted by molar-refractivity contribution is 0.0526. The van der Waals surface area contributed by atoms with Crippen molar-refractivity contribution >= 4 is 27.6 Å². The fraction of sp³-hybridized carbons (Fsp3) is 0.300. The first-order valence-corrected chi connectivity index (χ1v) is 10.5. The number of hydrogen-bond donors (Lipinski definition) is 1. The molecule has 2 aromatic rings. The van der Waals surface area contributed by atoms with Gasteiger partial charge in [0.1, 0.15) is 0 Å². The van der Waals surface area contributed by atoms with Crippen molar-refractivity contribution in [3.8, 4) is 0 Å². The van der Waals surface area contributed by atoms with Gasteiger partial charge in [0.05, 0.1) is 17.1 Å². The molecular weight excluding hydrogens is 380 g/mol. The van der Waals surface area contributed by atoms with E-state index in [2.05, 4.69) is 4.72 Å². The van der Waals surface area contributed by atoms with E-state index < -0.39 is 16.0 Å². The summed E-state index contributed by atoms with van der Waals surface area (Å²) in [6.07, 6.45) is 0. The average Bonchev–Trinajstić information content (AvgIpc) is 2.69. The van der Waals surface area contributed by atoms with Crippen LogP contribution in [-0.4, -0.2) is 44.9 Å². The van der Waals surface area contributed by atoms with E-state index in [-0.39, 0.29) is 23.0 Å². The molecule has 0 aliphatic heterocycles. The van der Waals surface area contributed by atoms with Gasteiger partial charge in [0, 0.05) is 24.3 Å². The Hall–Kier alpha value is -2.87. The second-order valence-corrected chi connectivity index (χ2v) is 7.59. The van der Waals surface area contributed by atoms with Gasteiger partial charge in [0.15, 0.2) is 0 Å². The Bertz CT molecular complexity index is 918. The molecule has 0 fully saturated rings. The van der Waals surface area contributed by atoms with Crippen LogP contribution >= 0.6 is 0 Å². The molecule has 2 rings (SSSR count). The van der Waals surface area contributed by atoms with Crippen LogP contribution in [0.5, 0.6) is 0 Å². The number of rotatable bonds is 8. The lowest BCUT2D eigenvalue weighted by Gasteiger charge is -2.18. The molecule has 7 nitrogen and oxygen atoms in total. The van der Waals surface area contributed by atoms with Gasteiger partial charge < -0.3 is 9.64 Å². The lowest BCUT2D eigenvalue weighted by Crippen LogP contribution is -2.30. The van der Waals surface area contributed by atoms with E-state index in [1.165, 1.54) is 24.3 Å². The van der Waals surface area contributed by atoms with Gasteiger partial charge in [-0.25, -0.2) is 13.2 Å². The monoisotopic (exact) mass is 404 g/mol. The lowest BCUT2D eigenvalue weighted by atomic mass is 10.2. The number of carbonyl (C=O) groups is 2. The molecule has 0 radical (unpaired) electrons. The van der Waals surface area contributed by atoms with E-state index in [4.69, 9.17) is 4.74 Å². The Morgan fingerprint density at radius 1 is 0.893 bits per heavy atom. The van der Waals surface area contributed by atoms with Gasteiger partial charge in [-0.05, 0) is 69.3 Å². The van der Waals surface area contributed by atoms with Crippen molar-refractivity contribution in [1.82, 2.24) is 4.90 Å². The first kappa shape index (κ1) is 21.4. The molecular formula is C20H24N2O5S. The Morgan fingerprint density at radius 3 is 1.93 bits per heavy atom. The number of hydrogen-bond acceptors (Lipinski definition) is 5. The number of amides is 1. The molecule has 150 valence electrons. The van der Waals surface area contributed by atoms with E-state index in [0.717, 1.165) is 0 Å². The van der Waals surface area contributed by atoms with Gasteiger partial charge in [0.25, 0.3) is 15.9 Å². The van der Waals surface area contributed by atoms with E-state index in [1.54, 1.807) is 36.1 Å². The molecule has 0 bridgehead atoms. The number of sulfonamides is 1. The van der Waals surface area contributed by atoms with E-state index in [1.807, 2.05) is 13.8 Å². The molecule has 8 heteroatoms. The maximum Gasteiger partial charge on any atom is 0.338 e. The zero-order valence-corrected chi connectivity index (χ0v) is 17.0. The van der Waals surface area contributed by atoms with Gasteiger partial charge in [0.2, 0.25) is 0 Å². The Balaban J connectivity index is 2.13. The quantitative estimate of drug-likeness (QED) is 0.682. The van der Waals surface area contributed by atoms with E-state index in [9.17, 15) is 18.0 Å². The number of nitrogens with one attached hydrogen (secondary N) is 1. The van der Waals surface area contributed by atoms with Crippen LogP contribution in [0.1, 0.15) is 41.5 Å². The fourth-order valence-corrected chi connectivity index (χ4v) is 3.63. The molecule has 1 amide bonds. The number of esters is 1. The van der Waals surface area contributed by atoms with Crippen LogP contribution < -0.4 is 4.72 Å². The molecule has 2 aromatic carbocycles. The third-order valence-electron chi connectivity index (χ3n) is 4.11. The topological polar surface area (TPSA) is 92.8 Å². The predicted molar refractivity (Wildman–Crippen MR) is 107 cm³/mol. The highest BCUT2D eigenvalue weighted by Gasteiger charge is 2.17. The highest BCUT2D eigenvalue weighted by atomic mass is 32.2. The Labute approximate surface area is 165 Å². The molecule has 1 N–H and O–H groups in total. The highest BCUT2D eigenvalue weighted by molar-refractivity contribution is 7.92. The van der Waals surface area contributed by atoms with Gasteiger partial charge in [-0.2, -0.15) is 0 Å². The number of ether oxygens (including phenoxy) is 1. The van der Waals surface area contributed by atoms with Gasteiger partial charge in [-0.15, -0.1) is 0 Å². The third kappa shape index (κ3) is 5.10. The molecule has 0 spiro atoms. The second kappa shape index (κ2) is 9.36. The SMILES string of the molecule is CCOC(=O)c1ccc(S(=O)(=O)Nc2ccc(C(=O)N(CC)CC)cc2)cc1. The van der Waals surface area contributed by atoms with Crippen molar-refractivity contribution < 1.29 is 22.7 Å².